The molecule has 0 bridgehead atoms. The minimum Gasteiger partial charge on any atom is -0.394 e. The Hall–Kier alpha value is -0.470. The van der Waals surface area contributed by atoms with Crippen LogP contribution in [0.5, 0.6) is 0 Å². The molecule has 0 saturated carbocycles. The highest BCUT2D eigenvalue weighted by Crippen LogP contribution is 2.20. The van der Waals surface area contributed by atoms with Gasteiger partial charge >= 0.3 is 0 Å². The highest BCUT2D eigenvalue weighted by Gasteiger charge is 2.28. The number of aryl methyl sites for hydroxylation is 2. The lowest BCUT2D eigenvalue weighted by Crippen LogP contribution is -2.54. The lowest BCUT2D eigenvalue weighted by Gasteiger charge is -2.28. The smallest absolute Gasteiger partial charge is 0.0884 e. The Morgan fingerprint density at radius 3 is 2.18 bits per heavy atom. The van der Waals surface area contributed by atoms with E-state index < -0.39 is 5.54 Å². The predicted octanol–water partition coefficient (Wildman–Crippen LogP) is -0.704. The zero-order chi connectivity index (χ0) is 13.1. The van der Waals surface area contributed by atoms with Crippen molar-refractivity contribution in [3.63, 3.8) is 0 Å². The van der Waals surface area contributed by atoms with Crippen LogP contribution < -0.4 is 5.32 Å². The van der Waals surface area contributed by atoms with Crippen molar-refractivity contribution in [2.75, 3.05) is 19.8 Å². The summed E-state index contributed by atoms with van der Waals surface area (Å²) in [6.45, 7) is 1.25. The third kappa shape index (κ3) is 3.05. The highest BCUT2D eigenvalue weighted by molar-refractivity contribution is 9.10. The molecule has 0 aliphatic rings. The summed E-state index contributed by atoms with van der Waals surface area (Å²) in [6.07, 6.45) is 0. The van der Waals surface area contributed by atoms with Crippen molar-refractivity contribution in [1.29, 1.82) is 0 Å². The molecule has 0 unspecified atom stereocenters. The average molecular weight is 308 g/mol. The van der Waals surface area contributed by atoms with Gasteiger partial charge in [-0.15, -0.1) is 0 Å². The second-order valence-electron chi connectivity index (χ2n) is 4.08. The van der Waals surface area contributed by atoms with E-state index in [0.29, 0.717) is 6.54 Å². The standard InChI is InChI=1S/C10H18BrN3O3/c1-7-9(11)8(14(2)13-7)3-12-10(4-15,5-16)6-17/h12,15-17H,3-6H2,1-2H3. The second kappa shape index (κ2) is 5.92. The van der Waals surface area contributed by atoms with Gasteiger partial charge in [-0.05, 0) is 22.9 Å². The van der Waals surface area contributed by atoms with Crippen molar-refractivity contribution in [2.24, 2.45) is 7.05 Å². The Morgan fingerprint density at radius 2 is 1.82 bits per heavy atom. The van der Waals surface area contributed by atoms with Gasteiger partial charge in [0.05, 0.1) is 41.2 Å². The van der Waals surface area contributed by atoms with Crippen LogP contribution in [-0.2, 0) is 13.6 Å². The second-order valence-corrected chi connectivity index (χ2v) is 4.87. The number of nitrogens with one attached hydrogen (secondary N) is 1. The minimum atomic E-state index is -1.07. The Balaban J connectivity index is 2.79. The fraction of sp³-hybridized carbons (Fsp3) is 0.700. The van der Waals surface area contributed by atoms with Gasteiger partial charge in [-0.2, -0.15) is 5.10 Å². The summed E-state index contributed by atoms with van der Waals surface area (Å²) in [6, 6.07) is 0. The SMILES string of the molecule is Cc1nn(C)c(CNC(CO)(CO)CO)c1Br. The number of aliphatic hydroxyl groups excluding tert-OH is 3. The third-order valence-electron chi connectivity index (χ3n) is 2.80. The molecular weight excluding hydrogens is 290 g/mol. The van der Waals surface area contributed by atoms with Crippen LogP contribution in [0.3, 0.4) is 0 Å². The first-order valence-electron chi connectivity index (χ1n) is 5.25. The van der Waals surface area contributed by atoms with E-state index in [-0.39, 0.29) is 19.8 Å². The van der Waals surface area contributed by atoms with Gasteiger partial charge in [0.1, 0.15) is 0 Å². The van der Waals surface area contributed by atoms with E-state index in [1.54, 1.807) is 4.68 Å². The van der Waals surface area contributed by atoms with Crippen molar-refractivity contribution >= 4 is 15.9 Å². The molecule has 98 valence electrons. The summed E-state index contributed by atoms with van der Waals surface area (Å²) in [5.41, 5.74) is 0.687. The topological polar surface area (TPSA) is 90.5 Å². The van der Waals surface area contributed by atoms with Gasteiger partial charge < -0.3 is 15.3 Å². The van der Waals surface area contributed by atoms with Crippen molar-refractivity contribution in [2.45, 2.75) is 19.0 Å². The molecule has 1 aromatic heterocycles. The van der Waals surface area contributed by atoms with Crippen LogP contribution >= 0.6 is 15.9 Å². The van der Waals surface area contributed by atoms with Crippen molar-refractivity contribution < 1.29 is 15.3 Å². The molecule has 0 atom stereocenters. The van der Waals surface area contributed by atoms with Gasteiger partial charge in [-0.1, -0.05) is 0 Å². The monoisotopic (exact) mass is 307 g/mol. The Labute approximate surface area is 108 Å². The molecule has 17 heavy (non-hydrogen) atoms. The molecule has 1 aromatic rings. The number of hydrogen-bond donors (Lipinski definition) is 4. The first-order valence-corrected chi connectivity index (χ1v) is 6.04. The molecule has 7 heteroatoms. The molecule has 0 fully saturated rings. The third-order valence-corrected chi connectivity index (χ3v) is 3.83. The molecular formula is C10H18BrN3O3. The van der Waals surface area contributed by atoms with Crippen LogP contribution in [0.2, 0.25) is 0 Å². The molecule has 1 rings (SSSR count). The zero-order valence-corrected chi connectivity index (χ0v) is 11.5. The zero-order valence-electron chi connectivity index (χ0n) is 9.94. The quantitative estimate of drug-likeness (QED) is 0.558. The van der Waals surface area contributed by atoms with E-state index in [2.05, 4.69) is 26.3 Å². The number of aliphatic hydroxyl groups is 3. The van der Waals surface area contributed by atoms with E-state index in [4.69, 9.17) is 0 Å². The van der Waals surface area contributed by atoms with Crippen LogP contribution in [0.4, 0.5) is 0 Å². The van der Waals surface area contributed by atoms with Crippen LogP contribution in [0.1, 0.15) is 11.4 Å². The molecule has 0 amide bonds. The maximum atomic E-state index is 9.18. The number of aromatic nitrogens is 2. The summed E-state index contributed by atoms with van der Waals surface area (Å²) in [5.74, 6) is 0. The van der Waals surface area contributed by atoms with Crippen LogP contribution in [0.25, 0.3) is 0 Å². The first-order chi connectivity index (χ1) is 7.99. The Bertz CT molecular complexity index is 369. The summed E-state index contributed by atoms with van der Waals surface area (Å²) >= 11 is 3.42. The fourth-order valence-corrected chi connectivity index (χ4v) is 1.94. The normalized spacial score (nSPS) is 12.1. The van der Waals surface area contributed by atoms with Gasteiger partial charge in [0.2, 0.25) is 0 Å². The van der Waals surface area contributed by atoms with E-state index in [0.717, 1.165) is 15.9 Å². The molecule has 0 aliphatic heterocycles. The van der Waals surface area contributed by atoms with Crippen molar-refractivity contribution in [3.8, 4) is 0 Å². The molecule has 0 radical (unpaired) electrons. The lowest BCUT2D eigenvalue weighted by atomic mass is 10.0. The average Bonchev–Trinajstić information content (AvgIpc) is 2.57. The molecule has 0 spiro atoms. The van der Waals surface area contributed by atoms with E-state index in [1.807, 2.05) is 14.0 Å². The van der Waals surface area contributed by atoms with Gasteiger partial charge in [0.15, 0.2) is 0 Å². The lowest BCUT2D eigenvalue weighted by molar-refractivity contribution is 0.0409. The summed E-state index contributed by atoms with van der Waals surface area (Å²) in [4.78, 5) is 0. The van der Waals surface area contributed by atoms with Crippen molar-refractivity contribution in [3.05, 3.63) is 15.9 Å². The molecule has 0 aliphatic carbocycles. The maximum Gasteiger partial charge on any atom is 0.0884 e. The summed E-state index contributed by atoms with van der Waals surface area (Å²) in [7, 11) is 1.81. The van der Waals surface area contributed by atoms with Crippen LogP contribution in [-0.4, -0.2) is 50.5 Å². The van der Waals surface area contributed by atoms with Crippen LogP contribution in [0, 0.1) is 6.92 Å². The predicted molar refractivity (Wildman–Crippen MR) is 66.5 cm³/mol. The van der Waals surface area contributed by atoms with Crippen molar-refractivity contribution in [1.82, 2.24) is 15.1 Å². The van der Waals surface area contributed by atoms with Gasteiger partial charge in [-0.3, -0.25) is 10.00 Å². The summed E-state index contributed by atoms with van der Waals surface area (Å²) < 4.78 is 2.60. The van der Waals surface area contributed by atoms with Gasteiger partial charge in [0.25, 0.3) is 0 Å². The number of nitrogens with zero attached hydrogens (tertiary/aromatic N) is 2. The summed E-state index contributed by atoms with van der Waals surface area (Å²) in [5, 5.41) is 34.7. The molecule has 0 aromatic carbocycles. The van der Waals surface area contributed by atoms with E-state index >= 15 is 0 Å². The van der Waals surface area contributed by atoms with E-state index in [9.17, 15) is 15.3 Å². The Morgan fingerprint density at radius 1 is 1.29 bits per heavy atom. The minimum absolute atomic E-state index is 0.339. The first kappa shape index (κ1) is 14.6. The number of hydrogen-bond acceptors (Lipinski definition) is 5. The van der Waals surface area contributed by atoms with Crippen LogP contribution in [0.15, 0.2) is 4.47 Å². The molecule has 0 saturated heterocycles. The highest BCUT2D eigenvalue weighted by atomic mass is 79.9. The van der Waals surface area contributed by atoms with Gasteiger partial charge in [0, 0.05) is 13.6 Å². The maximum absolute atomic E-state index is 9.18. The number of rotatable bonds is 6. The fourth-order valence-electron chi connectivity index (χ4n) is 1.46. The van der Waals surface area contributed by atoms with Gasteiger partial charge in [-0.25, -0.2) is 0 Å². The molecule has 6 nitrogen and oxygen atoms in total. The molecule has 1 heterocycles. The van der Waals surface area contributed by atoms with E-state index in [1.165, 1.54) is 0 Å². The Kier molecular flexibility index (Phi) is 5.08. The largest absolute Gasteiger partial charge is 0.394 e. The number of halogens is 1. The molecule has 4 N–H and O–H groups in total.